The first-order valence-electron chi connectivity index (χ1n) is 7.48. The lowest BCUT2D eigenvalue weighted by molar-refractivity contribution is -0.0657. The first kappa shape index (κ1) is 13.3. The smallest absolute Gasteiger partial charge is 0.207 e. The van der Waals surface area contributed by atoms with Gasteiger partial charge in [-0.25, -0.2) is 8.78 Å². The minimum atomic E-state index is -2.36. The van der Waals surface area contributed by atoms with Crippen LogP contribution in [0.5, 0.6) is 0 Å². The van der Waals surface area contributed by atoms with Crippen molar-refractivity contribution < 1.29 is 8.78 Å². The van der Waals surface area contributed by atoms with Crippen LogP contribution >= 0.6 is 0 Å². The second-order valence-electron chi connectivity index (χ2n) is 6.28. The minimum Gasteiger partial charge on any atom is -0.207 e. The quantitative estimate of drug-likeness (QED) is 0.622. The van der Waals surface area contributed by atoms with Crippen molar-refractivity contribution in [2.45, 2.75) is 77.1 Å². The van der Waals surface area contributed by atoms with Gasteiger partial charge in [-0.05, 0) is 43.4 Å². The zero-order valence-corrected chi connectivity index (χ0v) is 11.1. The average Bonchev–Trinajstić information content (AvgIpc) is 2.29. The Morgan fingerprint density at radius 1 is 1.00 bits per heavy atom. The summed E-state index contributed by atoms with van der Waals surface area (Å²) < 4.78 is 26.8. The maximum absolute atomic E-state index is 13.4. The third-order valence-electron chi connectivity index (χ3n) is 4.93. The van der Waals surface area contributed by atoms with Crippen LogP contribution in [-0.2, 0) is 0 Å². The summed E-state index contributed by atoms with van der Waals surface area (Å²) in [7, 11) is 0. The molecular formula is C15H26F2. The van der Waals surface area contributed by atoms with Crippen molar-refractivity contribution in [1.82, 2.24) is 0 Å². The van der Waals surface area contributed by atoms with Crippen LogP contribution in [0.25, 0.3) is 0 Å². The molecule has 0 aromatic rings. The van der Waals surface area contributed by atoms with Gasteiger partial charge >= 0.3 is 0 Å². The molecule has 0 nitrogen and oxygen atoms in total. The maximum atomic E-state index is 13.4. The fourth-order valence-electron chi connectivity index (χ4n) is 3.97. The lowest BCUT2D eigenvalue weighted by Crippen LogP contribution is -2.32. The summed E-state index contributed by atoms with van der Waals surface area (Å²) in [6, 6.07) is 0. The third kappa shape index (κ3) is 3.66. The number of hydrogen-bond acceptors (Lipinski definition) is 0. The van der Waals surface area contributed by atoms with Gasteiger partial charge in [-0.15, -0.1) is 0 Å². The Morgan fingerprint density at radius 3 is 2.29 bits per heavy atom. The van der Waals surface area contributed by atoms with E-state index in [2.05, 4.69) is 6.92 Å². The number of halogens is 2. The molecule has 2 aliphatic carbocycles. The number of hydrogen-bond donors (Lipinski definition) is 0. The summed E-state index contributed by atoms with van der Waals surface area (Å²) in [5.41, 5.74) is 0. The Bertz CT molecular complexity index is 229. The highest BCUT2D eigenvalue weighted by molar-refractivity contribution is 4.85. The Kier molecular flexibility index (Phi) is 4.43. The molecule has 0 radical (unpaired) electrons. The Hall–Kier alpha value is -0.140. The molecule has 2 fully saturated rings. The van der Waals surface area contributed by atoms with Crippen LogP contribution in [0.3, 0.4) is 0 Å². The first-order valence-corrected chi connectivity index (χ1v) is 7.48. The maximum Gasteiger partial charge on any atom is 0.248 e. The molecular weight excluding hydrogens is 218 g/mol. The van der Waals surface area contributed by atoms with Gasteiger partial charge in [0.05, 0.1) is 0 Å². The van der Waals surface area contributed by atoms with E-state index in [1.54, 1.807) is 0 Å². The molecule has 1 unspecified atom stereocenters. The minimum absolute atomic E-state index is 0.134. The van der Waals surface area contributed by atoms with E-state index in [-0.39, 0.29) is 12.8 Å². The monoisotopic (exact) mass is 244 g/mol. The third-order valence-corrected chi connectivity index (χ3v) is 4.93. The van der Waals surface area contributed by atoms with Crippen molar-refractivity contribution in [3.63, 3.8) is 0 Å². The molecule has 0 N–H and O–H groups in total. The van der Waals surface area contributed by atoms with E-state index >= 15 is 0 Å². The molecule has 0 aromatic carbocycles. The molecule has 0 heterocycles. The van der Waals surface area contributed by atoms with Crippen LogP contribution < -0.4 is 0 Å². The Labute approximate surface area is 104 Å². The van der Waals surface area contributed by atoms with Crippen molar-refractivity contribution >= 4 is 0 Å². The summed E-state index contributed by atoms with van der Waals surface area (Å²) >= 11 is 0. The molecule has 1 atom stereocenters. The van der Waals surface area contributed by atoms with Crippen LogP contribution in [0.15, 0.2) is 0 Å². The van der Waals surface area contributed by atoms with Gasteiger partial charge in [-0.2, -0.15) is 0 Å². The van der Waals surface area contributed by atoms with Crippen LogP contribution in [0.1, 0.15) is 71.1 Å². The topological polar surface area (TPSA) is 0 Å². The van der Waals surface area contributed by atoms with Crippen LogP contribution in [0.2, 0.25) is 0 Å². The van der Waals surface area contributed by atoms with Gasteiger partial charge in [0, 0.05) is 12.8 Å². The Morgan fingerprint density at radius 2 is 1.71 bits per heavy atom. The van der Waals surface area contributed by atoms with E-state index in [1.165, 1.54) is 38.5 Å². The van der Waals surface area contributed by atoms with Gasteiger partial charge in [-0.1, -0.05) is 32.6 Å². The van der Waals surface area contributed by atoms with E-state index in [0.717, 1.165) is 18.8 Å². The van der Waals surface area contributed by atoms with Crippen molar-refractivity contribution in [2.24, 2.45) is 17.8 Å². The highest BCUT2D eigenvalue weighted by Crippen LogP contribution is 2.45. The SMILES string of the molecule is CCCC1CCC(C2CCCC(F)(F)C2)CC1. The van der Waals surface area contributed by atoms with Gasteiger partial charge in [0.25, 0.3) is 0 Å². The van der Waals surface area contributed by atoms with Crippen molar-refractivity contribution in [1.29, 1.82) is 0 Å². The molecule has 0 amide bonds. The summed E-state index contributed by atoms with van der Waals surface area (Å²) in [6.07, 6.45) is 9.73. The van der Waals surface area contributed by atoms with Crippen molar-refractivity contribution in [2.75, 3.05) is 0 Å². The number of alkyl halides is 2. The molecule has 0 aromatic heterocycles. The summed E-state index contributed by atoms with van der Waals surface area (Å²) in [4.78, 5) is 0. The van der Waals surface area contributed by atoms with Gasteiger partial charge < -0.3 is 0 Å². The fraction of sp³-hybridized carbons (Fsp3) is 1.00. The van der Waals surface area contributed by atoms with E-state index in [0.29, 0.717) is 11.8 Å². The lowest BCUT2D eigenvalue weighted by Gasteiger charge is -2.38. The average molecular weight is 244 g/mol. The zero-order chi connectivity index (χ0) is 12.3. The summed E-state index contributed by atoms with van der Waals surface area (Å²) in [6.45, 7) is 2.24. The molecule has 0 bridgehead atoms. The van der Waals surface area contributed by atoms with Gasteiger partial charge in [-0.3, -0.25) is 0 Å². The second kappa shape index (κ2) is 5.67. The van der Waals surface area contributed by atoms with Crippen LogP contribution in [0.4, 0.5) is 8.78 Å². The highest BCUT2D eigenvalue weighted by Gasteiger charge is 2.39. The molecule has 100 valence electrons. The van der Waals surface area contributed by atoms with E-state index in [1.807, 2.05) is 0 Å². The molecule has 0 aliphatic heterocycles. The largest absolute Gasteiger partial charge is 0.248 e. The van der Waals surface area contributed by atoms with E-state index in [4.69, 9.17) is 0 Å². The van der Waals surface area contributed by atoms with E-state index < -0.39 is 5.92 Å². The van der Waals surface area contributed by atoms with E-state index in [9.17, 15) is 8.78 Å². The van der Waals surface area contributed by atoms with Crippen LogP contribution in [-0.4, -0.2) is 5.92 Å². The summed E-state index contributed by atoms with van der Waals surface area (Å²) in [5, 5.41) is 0. The van der Waals surface area contributed by atoms with Crippen molar-refractivity contribution in [3.05, 3.63) is 0 Å². The Balaban J connectivity index is 1.80. The zero-order valence-electron chi connectivity index (χ0n) is 11.1. The molecule has 0 spiro atoms. The predicted molar refractivity (Wildman–Crippen MR) is 67.3 cm³/mol. The molecule has 2 aliphatic rings. The van der Waals surface area contributed by atoms with Gasteiger partial charge in [0.1, 0.15) is 0 Å². The van der Waals surface area contributed by atoms with Crippen molar-refractivity contribution in [3.8, 4) is 0 Å². The molecule has 0 saturated heterocycles. The fourth-order valence-corrected chi connectivity index (χ4v) is 3.97. The van der Waals surface area contributed by atoms with Gasteiger partial charge in [0.15, 0.2) is 0 Å². The molecule has 2 heteroatoms. The first-order chi connectivity index (χ1) is 8.11. The summed E-state index contributed by atoms with van der Waals surface area (Å²) in [5.74, 6) is -0.542. The highest BCUT2D eigenvalue weighted by atomic mass is 19.3. The molecule has 2 saturated carbocycles. The molecule has 2 rings (SSSR count). The van der Waals surface area contributed by atoms with Crippen LogP contribution in [0, 0.1) is 17.8 Å². The standard InChI is InChI=1S/C15H26F2/c1-2-4-12-6-8-13(9-7-12)14-5-3-10-15(16,17)11-14/h12-14H,2-11H2,1H3. The normalized spacial score (nSPS) is 37.9. The molecule has 17 heavy (non-hydrogen) atoms. The second-order valence-corrected chi connectivity index (χ2v) is 6.28. The van der Waals surface area contributed by atoms with Gasteiger partial charge in [0.2, 0.25) is 5.92 Å². The number of rotatable bonds is 3. The predicted octanol–water partition coefficient (Wildman–Crippen LogP) is 5.42. The lowest BCUT2D eigenvalue weighted by atomic mass is 9.69.